The van der Waals surface area contributed by atoms with Crippen molar-refractivity contribution in [3.63, 3.8) is 0 Å². The van der Waals surface area contributed by atoms with E-state index in [0.717, 1.165) is 10.6 Å². The van der Waals surface area contributed by atoms with Gasteiger partial charge in [0.1, 0.15) is 11.6 Å². The summed E-state index contributed by atoms with van der Waals surface area (Å²) in [5.74, 6) is 0.231. The quantitative estimate of drug-likeness (QED) is 0.850. The minimum atomic E-state index is -4.30. The van der Waals surface area contributed by atoms with Gasteiger partial charge in [-0.05, 0) is 26.7 Å². The third kappa shape index (κ3) is 7.24. The normalized spacial score (nSPS) is 13.2. The van der Waals surface area contributed by atoms with Gasteiger partial charge in [0.15, 0.2) is 0 Å². The van der Waals surface area contributed by atoms with Gasteiger partial charge in [0, 0.05) is 17.0 Å². The second-order valence-corrected chi connectivity index (χ2v) is 7.45. The van der Waals surface area contributed by atoms with Gasteiger partial charge in [-0.25, -0.2) is 4.98 Å². The fraction of sp³-hybridized carbons (Fsp3) is 0.786. The van der Waals surface area contributed by atoms with Crippen LogP contribution >= 0.6 is 11.3 Å². The maximum absolute atomic E-state index is 12.1. The zero-order valence-electron chi connectivity index (χ0n) is 13.1. The molecule has 1 aromatic heterocycles. The molecule has 0 fully saturated rings. The third-order valence-corrected chi connectivity index (χ3v) is 3.63. The van der Waals surface area contributed by atoms with Crippen LogP contribution in [0.5, 0.6) is 0 Å². The van der Waals surface area contributed by atoms with E-state index in [2.05, 4.69) is 35.8 Å². The number of halogens is 3. The molecule has 0 radical (unpaired) electrons. The summed E-state index contributed by atoms with van der Waals surface area (Å²) in [5, 5.41) is 3.97. The molecular weight excluding hydrogens is 301 g/mol. The molecule has 7 heteroatoms. The second-order valence-electron chi connectivity index (χ2n) is 6.28. The predicted molar refractivity (Wildman–Crippen MR) is 78.5 cm³/mol. The zero-order valence-corrected chi connectivity index (χ0v) is 13.9. The van der Waals surface area contributed by atoms with Gasteiger partial charge >= 0.3 is 6.18 Å². The molecule has 1 N–H and O–H groups in total. The Morgan fingerprint density at radius 2 is 1.86 bits per heavy atom. The van der Waals surface area contributed by atoms with E-state index in [-0.39, 0.29) is 18.1 Å². The third-order valence-electron chi connectivity index (χ3n) is 2.59. The molecule has 0 aromatic carbocycles. The van der Waals surface area contributed by atoms with Gasteiger partial charge in [0.05, 0.1) is 12.3 Å². The maximum Gasteiger partial charge on any atom is 0.411 e. The second kappa shape index (κ2) is 7.07. The first-order valence-electron chi connectivity index (χ1n) is 6.86. The molecule has 0 atom stereocenters. The van der Waals surface area contributed by atoms with Crippen LogP contribution in [0.3, 0.4) is 0 Å². The summed E-state index contributed by atoms with van der Waals surface area (Å²) in [7, 11) is 0. The summed E-state index contributed by atoms with van der Waals surface area (Å²) < 4.78 is 40.9. The van der Waals surface area contributed by atoms with E-state index in [4.69, 9.17) is 0 Å². The van der Waals surface area contributed by atoms with Gasteiger partial charge in [-0.2, -0.15) is 13.2 Å². The van der Waals surface area contributed by atoms with E-state index < -0.39 is 12.8 Å². The minimum Gasteiger partial charge on any atom is -0.365 e. The molecule has 21 heavy (non-hydrogen) atoms. The van der Waals surface area contributed by atoms with E-state index in [1.807, 2.05) is 13.8 Å². The van der Waals surface area contributed by atoms with Crippen LogP contribution in [0.1, 0.15) is 56.1 Å². The molecule has 0 aliphatic heterocycles. The molecule has 0 aliphatic carbocycles. The molecule has 0 saturated heterocycles. The summed E-state index contributed by atoms with van der Waals surface area (Å²) >= 11 is 1.41. The highest BCUT2D eigenvalue weighted by Gasteiger charge is 2.27. The van der Waals surface area contributed by atoms with E-state index >= 15 is 0 Å². The molecule has 122 valence electrons. The minimum absolute atomic E-state index is 0.0226. The SMILES string of the molecule is CC(C)c1nc(COCC(F)(F)F)sc1CNC(C)(C)C. The highest BCUT2D eigenvalue weighted by Crippen LogP contribution is 2.26. The largest absolute Gasteiger partial charge is 0.411 e. The van der Waals surface area contributed by atoms with Crippen LogP contribution in [0.15, 0.2) is 0 Å². The number of alkyl halides is 3. The van der Waals surface area contributed by atoms with Gasteiger partial charge in [0.2, 0.25) is 0 Å². The molecule has 0 bridgehead atoms. The van der Waals surface area contributed by atoms with Crippen LogP contribution in [-0.4, -0.2) is 23.3 Å². The van der Waals surface area contributed by atoms with Crippen LogP contribution in [0.25, 0.3) is 0 Å². The molecule has 0 amide bonds. The van der Waals surface area contributed by atoms with Crippen molar-refractivity contribution in [1.82, 2.24) is 10.3 Å². The summed E-state index contributed by atoms with van der Waals surface area (Å²) in [6.07, 6.45) is -4.30. The number of thiazole rings is 1. The highest BCUT2D eigenvalue weighted by atomic mass is 32.1. The number of nitrogens with zero attached hydrogens (tertiary/aromatic N) is 1. The number of hydrogen-bond donors (Lipinski definition) is 1. The van der Waals surface area contributed by atoms with Crippen molar-refractivity contribution in [1.29, 1.82) is 0 Å². The lowest BCUT2D eigenvalue weighted by molar-refractivity contribution is -0.176. The fourth-order valence-corrected chi connectivity index (χ4v) is 2.75. The Bertz CT molecular complexity index is 450. The first-order valence-corrected chi connectivity index (χ1v) is 7.67. The van der Waals surface area contributed by atoms with E-state index in [1.54, 1.807) is 0 Å². The van der Waals surface area contributed by atoms with Crippen molar-refractivity contribution in [3.05, 3.63) is 15.6 Å². The van der Waals surface area contributed by atoms with Crippen LogP contribution in [0, 0.1) is 0 Å². The standard InChI is InChI=1S/C14H23F3N2OS/c1-9(2)12-10(6-18-13(3,4)5)21-11(19-12)7-20-8-14(15,16)17/h9,18H,6-8H2,1-5H3. The maximum atomic E-state index is 12.1. The monoisotopic (exact) mass is 324 g/mol. The van der Waals surface area contributed by atoms with E-state index in [1.165, 1.54) is 11.3 Å². The average molecular weight is 324 g/mol. The van der Waals surface area contributed by atoms with Crippen molar-refractivity contribution < 1.29 is 17.9 Å². The van der Waals surface area contributed by atoms with Gasteiger partial charge in [-0.3, -0.25) is 0 Å². The molecule has 0 saturated carbocycles. The Morgan fingerprint density at radius 1 is 1.24 bits per heavy atom. The lowest BCUT2D eigenvalue weighted by Crippen LogP contribution is -2.35. The topological polar surface area (TPSA) is 34.1 Å². The van der Waals surface area contributed by atoms with Gasteiger partial charge in [-0.15, -0.1) is 11.3 Å². The van der Waals surface area contributed by atoms with E-state index in [0.29, 0.717) is 11.6 Å². The summed E-state index contributed by atoms with van der Waals surface area (Å²) in [6, 6.07) is 0. The van der Waals surface area contributed by atoms with Gasteiger partial charge in [0.25, 0.3) is 0 Å². The molecule has 3 nitrogen and oxygen atoms in total. The molecular formula is C14H23F3N2OS. The molecule has 0 unspecified atom stereocenters. The smallest absolute Gasteiger partial charge is 0.365 e. The first-order chi connectivity index (χ1) is 9.48. The molecule has 1 heterocycles. The Hall–Kier alpha value is -0.660. The van der Waals surface area contributed by atoms with E-state index in [9.17, 15) is 13.2 Å². The lowest BCUT2D eigenvalue weighted by Gasteiger charge is -2.20. The Morgan fingerprint density at radius 3 is 2.33 bits per heavy atom. The number of rotatable bonds is 6. The van der Waals surface area contributed by atoms with Crippen LogP contribution in [0.4, 0.5) is 13.2 Å². The Balaban J connectivity index is 2.70. The number of hydrogen-bond acceptors (Lipinski definition) is 4. The van der Waals surface area contributed by atoms with Crippen molar-refractivity contribution in [3.8, 4) is 0 Å². The van der Waals surface area contributed by atoms with Crippen LogP contribution < -0.4 is 5.32 Å². The van der Waals surface area contributed by atoms with Crippen molar-refractivity contribution in [2.45, 2.75) is 65.4 Å². The molecule has 0 spiro atoms. The number of aromatic nitrogens is 1. The summed E-state index contributed by atoms with van der Waals surface area (Å²) in [6.45, 7) is 9.57. The van der Waals surface area contributed by atoms with Crippen molar-refractivity contribution in [2.24, 2.45) is 0 Å². The first kappa shape index (κ1) is 18.4. The highest BCUT2D eigenvalue weighted by molar-refractivity contribution is 7.11. The number of ether oxygens (including phenoxy) is 1. The fourth-order valence-electron chi connectivity index (χ4n) is 1.65. The molecule has 1 rings (SSSR count). The zero-order chi connectivity index (χ0) is 16.3. The van der Waals surface area contributed by atoms with Crippen molar-refractivity contribution in [2.75, 3.05) is 6.61 Å². The Labute approximate surface area is 127 Å². The molecule has 1 aromatic rings. The van der Waals surface area contributed by atoms with Gasteiger partial charge in [-0.1, -0.05) is 13.8 Å². The van der Waals surface area contributed by atoms with Crippen LogP contribution in [-0.2, 0) is 17.9 Å². The predicted octanol–water partition coefficient (Wildman–Crippen LogP) is 4.23. The van der Waals surface area contributed by atoms with Crippen molar-refractivity contribution >= 4 is 11.3 Å². The lowest BCUT2D eigenvalue weighted by atomic mass is 10.1. The summed E-state index contributed by atoms with van der Waals surface area (Å²) in [4.78, 5) is 5.48. The Kier molecular flexibility index (Phi) is 6.19. The average Bonchev–Trinajstić information content (AvgIpc) is 2.67. The van der Waals surface area contributed by atoms with Gasteiger partial charge < -0.3 is 10.1 Å². The molecule has 0 aliphatic rings. The number of nitrogens with one attached hydrogen (secondary N) is 1. The van der Waals surface area contributed by atoms with Crippen LogP contribution in [0.2, 0.25) is 0 Å². The summed E-state index contributed by atoms with van der Waals surface area (Å²) in [5.41, 5.74) is 0.910.